The molecule has 21 atom stereocenters. The lowest BCUT2D eigenvalue weighted by Crippen LogP contribution is -2.65. The molecule has 14 nitrogen and oxygen atoms in total. The molecule has 3 saturated heterocycles. The van der Waals surface area contributed by atoms with Gasteiger partial charge >= 0.3 is 0 Å². The standard InChI is InChI=1S/C41H68O14/c1-35(2)24(54-33-29(48)26(45)20(44)17-51-33)9-11-41-18-40(41)13-12-37(5)31(39(7)10-8-25(55-39)36(3,4)50)19(43)15-38(37,6)23(40)14-21(32(35)41)52-34-30(49)28(47)27(46)22(16-42)53-34/h19-34,42-50H,8-18H2,1-7H3/t19-,20+,21-,22+,23+,24-,25+,26-,27+,28-,29+,30+,31+,32-,33-,34-,37+,38-,39+,40-,41+/m0/s1. The van der Waals surface area contributed by atoms with Crippen LogP contribution in [0.3, 0.4) is 0 Å². The van der Waals surface area contributed by atoms with E-state index < -0.39 is 96.8 Å². The predicted molar refractivity (Wildman–Crippen MR) is 194 cm³/mol. The molecule has 0 aromatic rings. The van der Waals surface area contributed by atoms with Crippen molar-refractivity contribution in [2.24, 2.45) is 44.8 Å². The van der Waals surface area contributed by atoms with E-state index in [1.165, 1.54) is 0 Å². The summed E-state index contributed by atoms with van der Waals surface area (Å²) in [6.07, 6.45) is -7.48. The Morgan fingerprint density at radius 3 is 2.05 bits per heavy atom. The van der Waals surface area contributed by atoms with Gasteiger partial charge in [-0.2, -0.15) is 0 Å². The summed E-state index contributed by atoms with van der Waals surface area (Å²) in [6, 6.07) is 0. The van der Waals surface area contributed by atoms with Crippen LogP contribution in [0.2, 0.25) is 0 Å². The third kappa shape index (κ3) is 5.70. The fourth-order valence-corrected chi connectivity index (χ4v) is 14.9. The van der Waals surface area contributed by atoms with Crippen LogP contribution in [0.4, 0.5) is 0 Å². The van der Waals surface area contributed by atoms with Gasteiger partial charge in [0.1, 0.15) is 42.7 Å². The van der Waals surface area contributed by atoms with Gasteiger partial charge in [0.05, 0.1) is 48.8 Å². The van der Waals surface area contributed by atoms with Crippen molar-refractivity contribution >= 4 is 0 Å². The van der Waals surface area contributed by atoms with E-state index in [2.05, 4.69) is 34.6 Å². The van der Waals surface area contributed by atoms with E-state index in [0.717, 1.165) is 32.1 Å². The van der Waals surface area contributed by atoms with Gasteiger partial charge in [-0.3, -0.25) is 0 Å². The molecule has 8 fully saturated rings. The zero-order valence-corrected chi connectivity index (χ0v) is 33.6. The van der Waals surface area contributed by atoms with Gasteiger partial charge in [0.2, 0.25) is 0 Å². The molecule has 0 aromatic carbocycles. The Morgan fingerprint density at radius 2 is 1.40 bits per heavy atom. The van der Waals surface area contributed by atoms with Gasteiger partial charge in [-0.15, -0.1) is 0 Å². The lowest BCUT2D eigenvalue weighted by Gasteiger charge is -2.65. The van der Waals surface area contributed by atoms with Gasteiger partial charge in [0.15, 0.2) is 12.6 Å². The third-order valence-corrected chi connectivity index (χ3v) is 17.6. The van der Waals surface area contributed by atoms with Crippen LogP contribution in [-0.2, 0) is 23.7 Å². The lowest BCUT2D eigenvalue weighted by atomic mass is 9.41. The highest BCUT2D eigenvalue weighted by Gasteiger charge is 2.85. The van der Waals surface area contributed by atoms with Crippen molar-refractivity contribution in [3.05, 3.63) is 0 Å². The number of aliphatic hydroxyl groups is 9. The second-order valence-electron chi connectivity index (χ2n) is 21.1. The largest absolute Gasteiger partial charge is 0.394 e. The summed E-state index contributed by atoms with van der Waals surface area (Å²) >= 11 is 0. The molecule has 8 aliphatic rings. The highest BCUT2D eigenvalue weighted by atomic mass is 16.7. The second kappa shape index (κ2) is 13.2. The Bertz CT molecular complexity index is 1460. The monoisotopic (exact) mass is 784 g/mol. The summed E-state index contributed by atoms with van der Waals surface area (Å²) in [4.78, 5) is 0. The Balaban J connectivity index is 1.15. The maximum Gasteiger partial charge on any atom is 0.186 e. The van der Waals surface area contributed by atoms with E-state index in [-0.39, 0.29) is 52.1 Å². The van der Waals surface area contributed by atoms with Crippen LogP contribution in [0.5, 0.6) is 0 Å². The quantitative estimate of drug-likeness (QED) is 0.162. The Hall–Kier alpha value is -0.560. The van der Waals surface area contributed by atoms with E-state index in [1.807, 2.05) is 0 Å². The predicted octanol–water partition coefficient (Wildman–Crippen LogP) is 0.724. The summed E-state index contributed by atoms with van der Waals surface area (Å²) in [6.45, 7) is 13.8. The maximum atomic E-state index is 12.2. The van der Waals surface area contributed by atoms with Gasteiger partial charge in [-0.25, -0.2) is 0 Å². The number of rotatable bonds is 7. The van der Waals surface area contributed by atoms with Crippen molar-refractivity contribution in [2.45, 2.75) is 197 Å². The lowest BCUT2D eigenvalue weighted by molar-refractivity contribution is -0.339. The molecular weight excluding hydrogens is 716 g/mol. The Morgan fingerprint density at radius 1 is 0.709 bits per heavy atom. The van der Waals surface area contributed by atoms with Crippen LogP contribution in [0.25, 0.3) is 0 Å². The smallest absolute Gasteiger partial charge is 0.186 e. The van der Waals surface area contributed by atoms with E-state index in [0.29, 0.717) is 25.7 Å². The van der Waals surface area contributed by atoms with Gasteiger partial charge in [-0.1, -0.05) is 27.7 Å². The molecule has 3 aliphatic heterocycles. The van der Waals surface area contributed by atoms with Crippen LogP contribution in [-0.4, -0.2) is 150 Å². The molecule has 316 valence electrons. The van der Waals surface area contributed by atoms with Crippen LogP contribution < -0.4 is 0 Å². The fourth-order valence-electron chi connectivity index (χ4n) is 14.9. The summed E-state index contributed by atoms with van der Waals surface area (Å²) in [5, 5.41) is 97.2. The zero-order valence-electron chi connectivity index (χ0n) is 33.6. The van der Waals surface area contributed by atoms with Crippen molar-refractivity contribution in [1.82, 2.24) is 0 Å². The summed E-state index contributed by atoms with van der Waals surface area (Å²) < 4.78 is 31.9. The first-order chi connectivity index (χ1) is 25.5. The van der Waals surface area contributed by atoms with Crippen LogP contribution in [0, 0.1) is 44.8 Å². The highest BCUT2D eigenvalue weighted by molar-refractivity contribution is 5.33. The minimum absolute atomic E-state index is 0.0633. The summed E-state index contributed by atoms with van der Waals surface area (Å²) in [5.74, 6) is -0.215. The van der Waals surface area contributed by atoms with Crippen molar-refractivity contribution in [2.75, 3.05) is 13.2 Å². The van der Waals surface area contributed by atoms with Gasteiger partial charge in [-0.05, 0) is 117 Å². The molecule has 5 saturated carbocycles. The molecule has 14 heteroatoms. The van der Waals surface area contributed by atoms with E-state index in [4.69, 9.17) is 23.7 Å². The fraction of sp³-hybridized carbons (Fsp3) is 1.00. The molecule has 2 spiro atoms. The molecule has 9 N–H and O–H groups in total. The summed E-state index contributed by atoms with van der Waals surface area (Å²) in [7, 11) is 0. The van der Waals surface area contributed by atoms with Gasteiger partial charge in [0, 0.05) is 5.92 Å². The second-order valence-corrected chi connectivity index (χ2v) is 21.1. The number of hydrogen-bond acceptors (Lipinski definition) is 14. The molecule has 0 bridgehead atoms. The van der Waals surface area contributed by atoms with Crippen LogP contribution in [0.1, 0.15) is 106 Å². The Labute approximate surface area is 324 Å². The number of hydrogen-bond donors (Lipinski definition) is 9. The Kier molecular flexibility index (Phi) is 9.90. The minimum atomic E-state index is -1.60. The average molecular weight is 785 g/mol. The topological polar surface area (TPSA) is 228 Å². The van der Waals surface area contributed by atoms with Crippen molar-refractivity contribution in [1.29, 1.82) is 0 Å². The zero-order chi connectivity index (χ0) is 40.1. The summed E-state index contributed by atoms with van der Waals surface area (Å²) in [5.41, 5.74) is -3.16. The van der Waals surface area contributed by atoms with Crippen LogP contribution >= 0.6 is 0 Å². The van der Waals surface area contributed by atoms with Crippen molar-refractivity contribution < 1.29 is 69.6 Å². The molecule has 5 aliphatic carbocycles. The number of aliphatic hydroxyl groups excluding tert-OH is 8. The molecule has 3 heterocycles. The van der Waals surface area contributed by atoms with E-state index >= 15 is 0 Å². The van der Waals surface area contributed by atoms with Gasteiger partial charge < -0.3 is 69.6 Å². The molecule has 0 radical (unpaired) electrons. The SMILES string of the molecule is CC(C)(O)[C@H]1CC[C@](C)([C@@H]2[C@@H](O)C[C@@]3(C)[C@H]4C[C@H](O[C@H]5O[C@H](CO)[C@@H](O)[C@H](O)[C@H]5O)[C@H]5C(C)(C)[C@@H](O[C@@H]6OC[C@@H](O)[C@H](O)[C@H]6O)CC[C@@]56C[C@@]46CC[C@]23C)O1. The molecule has 0 aromatic heterocycles. The van der Waals surface area contributed by atoms with Crippen molar-refractivity contribution in [3.63, 3.8) is 0 Å². The molecule has 0 amide bonds. The normalized spacial score (nSPS) is 58.7. The molecule has 8 rings (SSSR count). The molecule has 55 heavy (non-hydrogen) atoms. The highest BCUT2D eigenvalue weighted by Crippen LogP contribution is 2.89. The van der Waals surface area contributed by atoms with Crippen LogP contribution in [0.15, 0.2) is 0 Å². The average Bonchev–Trinajstić information content (AvgIpc) is 3.47. The minimum Gasteiger partial charge on any atom is -0.394 e. The number of fused-ring (bicyclic) bond motifs is 2. The number of ether oxygens (including phenoxy) is 5. The molecule has 0 unspecified atom stereocenters. The maximum absolute atomic E-state index is 12.2. The first kappa shape index (κ1) is 41.2. The van der Waals surface area contributed by atoms with Crippen molar-refractivity contribution in [3.8, 4) is 0 Å². The van der Waals surface area contributed by atoms with E-state index in [9.17, 15) is 46.0 Å². The van der Waals surface area contributed by atoms with Gasteiger partial charge in [0.25, 0.3) is 0 Å². The third-order valence-electron chi connectivity index (χ3n) is 17.6. The molecular formula is C41H68O14. The first-order valence-electron chi connectivity index (χ1n) is 20.9. The van der Waals surface area contributed by atoms with E-state index in [1.54, 1.807) is 13.8 Å². The first-order valence-corrected chi connectivity index (χ1v) is 20.9.